The smallest absolute Gasteiger partial charge is 0.273 e. The van der Waals surface area contributed by atoms with Crippen LogP contribution in [0.25, 0.3) is 5.69 Å². The monoisotopic (exact) mass is 566 g/mol. The highest BCUT2D eigenvalue weighted by molar-refractivity contribution is 7.99. The van der Waals surface area contributed by atoms with Crippen LogP contribution in [-0.4, -0.2) is 44.4 Å². The normalized spacial score (nSPS) is 10.6. The van der Waals surface area contributed by atoms with Gasteiger partial charge in [0, 0.05) is 27.9 Å². The van der Waals surface area contributed by atoms with E-state index in [4.69, 9.17) is 16.3 Å². The molecule has 3 aromatic carbocycles. The fourth-order valence-electron chi connectivity index (χ4n) is 3.59. The van der Waals surface area contributed by atoms with E-state index in [1.807, 2.05) is 0 Å². The molecule has 200 valence electrons. The van der Waals surface area contributed by atoms with Gasteiger partial charge in [-0.2, -0.15) is 0 Å². The lowest BCUT2D eigenvalue weighted by Crippen LogP contribution is -2.25. The topological polar surface area (TPSA) is 141 Å². The molecular weight excluding hydrogens is 544 g/mol. The van der Waals surface area contributed by atoms with Gasteiger partial charge in [-0.25, -0.2) is 0 Å². The first kappa shape index (κ1) is 27.6. The summed E-state index contributed by atoms with van der Waals surface area (Å²) in [5.41, 5.74) is 1.72. The molecule has 2 N–H and O–H groups in total. The lowest BCUT2D eigenvalue weighted by molar-refractivity contribution is -0.385. The van der Waals surface area contributed by atoms with Gasteiger partial charge >= 0.3 is 0 Å². The summed E-state index contributed by atoms with van der Waals surface area (Å²) in [7, 11) is 1.56. The number of hydrogen-bond donors (Lipinski definition) is 2. The average molecular weight is 567 g/mol. The van der Waals surface area contributed by atoms with Gasteiger partial charge < -0.3 is 15.4 Å². The lowest BCUT2D eigenvalue weighted by Gasteiger charge is -2.12. The number of aromatic nitrogens is 3. The van der Waals surface area contributed by atoms with Gasteiger partial charge in [0.1, 0.15) is 5.75 Å². The summed E-state index contributed by atoms with van der Waals surface area (Å²) in [6, 6.07) is 18.2. The van der Waals surface area contributed by atoms with Crippen LogP contribution in [0.5, 0.6) is 5.75 Å². The molecule has 0 radical (unpaired) electrons. The van der Waals surface area contributed by atoms with Crippen LogP contribution in [0.3, 0.4) is 0 Å². The van der Waals surface area contributed by atoms with Gasteiger partial charge in [-0.15, -0.1) is 10.2 Å². The maximum atomic E-state index is 12.8. The van der Waals surface area contributed by atoms with Crippen LogP contribution in [0, 0.1) is 17.0 Å². The maximum Gasteiger partial charge on any atom is 0.273 e. The van der Waals surface area contributed by atoms with Crippen LogP contribution >= 0.6 is 23.4 Å². The molecule has 0 aliphatic heterocycles. The van der Waals surface area contributed by atoms with E-state index in [0.29, 0.717) is 38.7 Å². The fourth-order valence-corrected chi connectivity index (χ4v) is 4.55. The minimum Gasteiger partial charge on any atom is -0.497 e. The molecule has 0 unspecified atom stereocenters. The van der Waals surface area contributed by atoms with Crippen molar-refractivity contribution in [3.8, 4) is 11.4 Å². The van der Waals surface area contributed by atoms with Crippen molar-refractivity contribution in [2.24, 2.45) is 0 Å². The first-order valence-corrected chi connectivity index (χ1v) is 12.9. The van der Waals surface area contributed by atoms with Crippen LogP contribution in [0.1, 0.15) is 21.7 Å². The van der Waals surface area contributed by atoms with Crippen molar-refractivity contribution in [3.05, 3.63) is 98.8 Å². The number of amides is 2. The molecule has 4 rings (SSSR count). The van der Waals surface area contributed by atoms with Gasteiger partial charge in [-0.3, -0.25) is 24.3 Å². The number of carbonyl (C=O) groups is 2. The van der Waals surface area contributed by atoms with E-state index in [1.54, 1.807) is 67.1 Å². The van der Waals surface area contributed by atoms with Crippen molar-refractivity contribution in [2.45, 2.75) is 18.6 Å². The number of aryl methyl sites for hydroxylation is 1. The number of rotatable bonds is 10. The Morgan fingerprint density at radius 3 is 2.56 bits per heavy atom. The Labute approximate surface area is 232 Å². The van der Waals surface area contributed by atoms with Gasteiger partial charge in [0.2, 0.25) is 5.91 Å². The fraction of sp³-hybridized carbons (Fsp3) is 0.154. The van der Waals surface area contributed by atoms with Crippen LogP contribution in [0.4, 0.5) is 11.4 Å². The molecule has 0 saturated heterocycles. The zero-order valence-electron chi connectivity index (χ0n) is 20.9. The molecule has 1 heterocycles. The van der Waals surface area contributed by atoms with Gasteiger partial charge in [-0.1, -0.05) is 35.5 Å². The predicted octanol–water partition coefficient (Wildman–Crippen LogP) is 4.81. The molecule has 0 spiro atoms. The summed E-state index contributed by atoms with van der Waals surface area (Å²) in [6.07, 6.45) is 0. The zero-order valence-corrected chi connectivity index (χ0v) is 22.5. The number of nitrogens with one attached hydrogen (secondary N) is 2. The number of hydrogen-bond acceptors (Lipinski definition) is 8. The molecule has 39 heavy (non-hydrogen) atoms. The lowest BCUT2D eigenvalue weighted by atomic mass is 10.1. The average Bonchev–Trinajstić information content (AvgIpc) is 3.34. The van der Waals surface area contributed by atoms with Crippen molar-refractivity contribution in [1.29, 1.82) is 0 Å². The summed E-state index contributed by atoms with van der Waals surface area (Å²) in [6.45, 7) is 1.57. The van der Waals surface area contributed by atoms with E-state index in [-0.39, 0.29) is 29.5 Å². The summed E-state index contributed by atoms with van der Waals surface area (Å²) in [5, 5.41) is 26.1. The molecule has 2 amide bonds. The Balaban J connectivity index is 1.50. The third-order valence-electron chi connectivity index (χ3n) is 5.55. The molecule has 0 saturated carbocycles. The van der Waals surface area contributed by atoms with E-state index in [0.717, 1.165) is 11.8 Å². The van der Waals surface area contributed by atoms with Gasteiger partial charge in [-0.05, 0) is 55.5 Å². The molecule has 13 heteroatoms. The van der Waals surface area contributed by atoms with Crippen LogP contribution < -0.4 is 15.4 Å². The third-order valence-corrected chi connectivity index (χ3v) is 6.71. The molecule has 0 bridgehead atoms. The van der Waals surface area contributed by atoms with Crippen molar-refractivity contribution >= 4 is 46.6 Å². The van der Waals surface area contributed by atoms with Crippen molar-refractivity contribution in [1.82, 2.24) is 20.1 Å². The maximum absolute atomic E-state index is 12.8. The third kappa shape index (κ3) is 6.92. The summed E-state index contributed by atoms with van der Waals surface area (Å²) >= 11 is 7.37. The quantitative estimate of drug-likeness (QED) is 0.158. The Morgan fingerprint density at radius 1 is 1.10 bits per heavy atom. The number of benzene rings is 3. The standard InChI is InChI=1S/C26H23ClN6O5S/c1-16-6-7-17(12-22(16)33(36)37)25(35)28-14-23-30-31-26(32(23)20-5-3-4-18(27)13-20)39-15-24(34)29-19-8-10-21(38-2)11-9-19/h3-13H,14-15H2,1-2H3,(H,28,35)(H,29,34). The Kier molecular flexibility index (Phi) is 8.79. The number of nitro groups is 1. The van der Waals surface area contributed by atoms with Crippen LogP contribution in [-0.2, 0) is 11.3 Å². The highest BCUT2D eigenvalue weighted by Gasteiger charge is 2.19. The first-order chi connectivity index (χ1) is 18.7. The summed E-state index contributed by atoms with van der Waals surface area (Å²) in [5.74, 6) is 0.348. The highest BCUT2D eigenvalue weighted by atomic mass is 35.5. The minimum atomic E-state index is -0.532. The Hall–Kier alpha value is -4.42. The number of thioether (sulfide) groups is 1. The van der Waals surface area contributed by atoms with Crippen LogP contribution in [0.15, 0.2) is 71.9 Å². The Bertz CT molecular complexity index is 1530. The highest BCUT2D eigenvalue weighted by Crippen LogP contribution is 2.25. The molecule has 11 nitrogen and oxygen atoms in total. The second-order valence-corrected chi connectivity index (χ2v) is 9.60. The number of nitro benzene ring substituents is 1. The number of halogens is 1. The molecule has 0 aliphatic carbocycles. The number of carbonyl (C=O) groups excluding carboxylic acids is 2. The zero-order chi connectivity index (χ0) is 27.9. The summed E-state index contributed by atoms with van der Waals surface area (Å²) in [4.78, 5) is 36.1. The molecule has 0 fully saturated rings. The molecule has 0 aliphatic rings. The van der Waals surface area contributed by atoms with Gasteiger partial charge in [0.15, 0.2) is 11.0 Å². The predicted molar refractivity (Wildman–Crippen MR) is 148 cm³/mol. The van der Waals surface area contributed by atoms with E-state index in [9.17, 15) is 19.7 Å². The molecule has 1 aromatic heterocycles. The second-order valence-electron chi connectivity index (χ2n) is 8.22. The van der Waals surface area contributed by atoms with E-state index in [1.165, 1.54) is 18.2 Å². The van der Waals surface area contributed by atoms with E-state index in [2.05, 4.69) is 20.8 Å². The molecule has 0 atom stereocenters. The van der Waals surface area contributed by atoms with Gasteiger partial charge in [0.05, 0.1) is 30.0 Å². The van der Waals surface area contributed by atoms with Crippen molar-refractivity contribution < 1.29 is 19.2 Å². The van der Waals surface area contributed by atoms with Crippen molar-refractivity contribution in [3.63, 3.8) is 0 Å². The molecule has 4 aromatic rings. The van der Waals surface area contributed by atoms with Gasteiger partial charge in [0.25, 0.3) is 11.6 Å². The Morgan fingerprint density at radius 2 is 1.87 bits per heavy atom. The van der Waals surface area contributed by atoms with Crippen molar-refractivity contribution in [2.75, 3.05) is 18.2 Å². The second kappa shape index (κ2) is 12.4. The number of ether oxygens (including phenoxy) is 1. The number of anilines is 1. The first-order valence-electron chi connectivity index (χ1n) is 11.6. The number of methoxy groups -OCH3 is 1. The van der Waals surface area contributed by atoms with E-state index < -0.39 is 10.8 Å². The number of nitrogens with zero attached hydrogens (tertiary/aromatic N) is 4. The van der Waals surface area contributed by atoms with Crippen LogP contribution in [0.2, 0.25) is 5.02 Å². The largest absolute Gasteiger partial charge is 0.497 e. The molecular formula is C26H23ClN6O5S. The summed E-state index contributed by atoms with van der Waals surface area (Å²) < 4.78 is 6.82. The SMILES string of the molecule is COc1ccc(NC(=O)CSc2nnc(CNC(=O)c3ccc(C)c([N+](=O)[O-])c3)n2-c2cccc(Cl)c2)cc1. The van der Waals surface area contributed by atoms with E-state index >= 15 is 0 Å². The minimum absolute atomic E-state index is 0.0291.